The Balaban J connectivity index is 2.58. The van der Waals surface area contributed by atoms with Gasteiger partial charge in [0.2, 0.25) is 0 Å². The minimum absolute atomic E-state index is 1.14. The molecule has 0 atom stereocenters. The quantitative estimate of drug-likeness (QED) is 0.441. The largest absolute Gasteiger partial charge is 0.322 e. The lowest BCUT2D eigenvalue weighted by Gasteiger charge is -2.02. The van der Waals surface area contributed by atoms with E-state index in [9.17, 15) is 0 Å². The van der Waals surface area contributed by atoms with Crippen molar-refractivity contribution in [2.45, 2.75) is 6.92 Å². The van der Waals surface area contributed by atoms with E-state index in [0.717, 1.165) is 5.57 Å². The van der Waals surface area contributed by atoms with Crippen LogP contribution < -0.4 is 5.32 Å². The molecular weight excluding hydrogens is 86.1 g/mol. The summed E-state index contributed by atoms with van der Waals surface area (Å²) in [7, 11) is 0. The van der Waals surface area contributed by atoms with Gasteiger partial charge in [0.1, 0.15) is 6.20 Å². The summed E-state index contributed by atoms with van der Waals surface area (Å²) < 4.78 is 0. The Labute approximate surface area is 43.7 Å². The summed E-state index contributed by atoms with van der Waals surface area (Å²) in [5.41, 5.74) is 1.14. The molecule has 0 unspecified atom stereocenters. The second-order valence-corrected chi connectivity index (χ2v) is 1.48. The number of hydrogen-bond donors (Lipinski definition) is 1. The zero-order chi connectivity index (χ0) is 5.11. The van der Waals surface area contributed by atoms with Crippen LogP contribution in [0.2, 0.25) is 0 Å². The maximum atomic E-state index is 2.91. The van der Waals surface area contributed by atoms with Crippen molar-refractivity contribution in [3.05, 3.63) is 30.5 Å². The van der Waals surface area contributed by atoms with Gasteiger partial charge in [0.25, 0.3) is 0 Å². The van der Waals surface area contributed by atoms with Crippen molar-refractivity contribution in [2.24, 2.45) is 0 Å². The van der Waals surface area contributed by atoms with Gasteiger partial charge in [-0.15, -0.1) is 6.54 Å². The molecule has 1 N–H and O–H groups in total. The van der Waals surface area contributed by atoms with E-state index in [1.165, 1.54) is 0 Å². The molecule has 1 nitrogen and oxygen atoms in total. The number of rotatable bonds is 0. The SMILES string of the molecule is CC1=[C+]N[CH-]C=C1. The summed E-state index contributed by atoms with van der Waals surface area (Å²) in [6, 6.07) is 0. The fourth-order valence-electron chi connectivity index (χ4n) is 0.438. The first-order valence-corrected chi connectivity index (χ1v) is 2.24. The van der Waals surface area contributed by atoms with Crippen LogP contribution in [-0.2, 0) is 0 Å². The molecule has 1 aliphatic heterocycles. The molecular formula is C6H7N. The topological polar surface area (TPSA) is 12.0 Å². The second-order valence-electron chi connectivity index (χ2n) is 1.48. The highest BCUT2D eigenvalue weighted by Gasteiger charge is 1.83. The molecule has 7 heavy (non-hydrogen) atoms. The smallest absolute Gasteiger partial charge is 0.134 e. The minimum Gasteiger partial charge on any atom is -0.322 e. The van der Waals surface area contributed by atoms with Crippen molar-refractivity contribution in [3.8, 4) is 0 Å². The van der Waals surface area contributed by atoms with E-state index in [0.29, 0.717) is 0 Å². The average Bonchev–Trinajstić information content (AvgIpc) is 1.69. The van der Waals surface area contributed by atoms with Crippen LogP contribution in [0, 0.1) is 12.7 Å². The van der Waals surface area contributed by atoms with Crippen LogP contribution in [0.1, 0.15) is 6.92 Å². The van der Waals surface area contributed by atoms with Crippen LogP contribution in [0.5, 0.6) is 0 Å². The number of hydrogen-bond acceptors (Lipinski definition) is 1. The summed E-state index contributed by atoms with van der Waals surface area (Å²) >= 11 is 0. The number of dihydropyridines is 1. The zero-order valence-corrected chi connectivity index (χ0v) is 4.23. The van der Waals surface area contributed by atoms with Gasteiger partial charge in [0, 0.05) is 5.57 Å². The van der Waals surface area contributed by atoms with Crippen LogP contribution in [-0.4, -0.2) is 0 Å². The molecule has 1 heterocycles. The molecule has 0 amide bonds. The lowest BCUT2D eigenvalue weighted by atomic mass is 10.2. The summed E-state index contributed by atoms with van der Waals surface area (Å²) in [4.78, 5) is 0. The van der Waals surface area contributed by atoms with E-state index >= 15 is 0 Å². The van der Waals surface area contributed by atoms with E-state index in [4.69, 9.17) is 0 Å². The van der Waals surface area contributed by atoms with E-state index in [-0.39, 0.29) is 0 Å². The average molecular weight is 93.1 g/mol. The summed E-state index contributed by atoms with van der Waals surface area (Å²) in [5, 5.41) is 2.84. The van der Waals surface area contributed by atoms with Crippen molar-refractivity contribution in [1.29, 1.82) is 0 Å². The highest BCUT2D eigenvalue weighted by Crippen LogP contribution is 1.96. The van der Waals surface area contributed by atoms with Gasteiger partial charge < -0.3 is 5.32 Å². The molecule has 0 radical (unpaired) electrons. The summed E-state index contributed by atoms with van der Waals surface area (Å²) in [5.74, 6) is 0. The third-order valence-corrected chi connectivity index (χ3v) is 0.795. The second kappa shape index (κ2) is 1.67. The normalized spacial score (nSPS) is 15.9. The number of nitrogens with one attached hydrogen (secondary N) is 1. The molecule has 0 aliphatic carbocycles. The fraction of sp³-hybridized carbons (Fsp3) is 0.167. The maximum Gasteiger partial charge on any atom is 0.134 e. The van der Waals surface area contributed by atoms with Gasteiger partial charge in [-0.05, 0) is 6.92 Å². The van der Waals surface area contributed by atoms with Crippen molar-refractivity contribution in [2.75, 3.05) is 0 Å². The molecule has 1 rings (SSSR count). The molecule has 0 aromatic rings. The lowest BCUT2D eigenvalue weighted by Crippen LogP contribution is -2.02. The van der Waals surface area contributed by atoms with E-state index < -0.39 is 0 Å². The standard InChI is InChI=1S/C6H7N/c1-6-3-2-4-7-5-6/h2-4,7H,1H3. The molecule has 0 aromatic carbocycles. The van der Waals surface area contributed by atoms with Crippen molar-refractivity contribution < 1.29 is 0 Å². The molecule has 0 saturated carbocycles. The molecule has 0 aromatic heterocycles. The highest BCUT2D eigenvalue weighted by molar-refractivity contribution is 5.19. The molecule has 0 fully saturated rings. The first-order chi connectivity index (χ1) is 3.39. The summed E-state index contributed by atoms with van der Waals surface area (Å²) in [6.45, 7) is 3.84. The predicted molar refractivity (Wildman–Crippen MR) is 29.0 cm³/mol. The Morgan fingerprint density at radius 2 is 2.71 bits per heavy atom. The van der Waals surface area contributed by atoms with Gasteiger partial charge in [-0.2, -0.15) is 6.08 Å². The minimum atomic E-state index is 1.14. The van der Waals surface area contributed by atoms with Crippen LogP contribution in [0.3, 0.4) is 0 Å². The highest BCUT2D eigenvalue weighted by atomic mass is 14.8. The predicted octanol–water partition coefficient (Wildman–Crippen LogP) is 1.01. The van der Waals surface area contributed by atoms with Gasteiger partial charge >= 0.3 is 0 Å². The van der Waals surface area contributed by atoms with Crippen molar-refractivity contribution in [3.63, 3.8) is 0 Å². The maximum absolute atomic E-state index is 2.91. The molecule has 36 valence electrons. The van der Waals surface area contributed by atoms with Crippen molar-refractivity contribution >= 4 is 0 Å². The first-order valence-electron chi connectivity index (χ1n) is 2.24. The Hall–Kier alpha value is -0.940. The molecule has 1 heteroatoms. The van der Waals surface area contributed by atoms with Crippen LogP contribution >= 0.6 is 0 Å². The van der Waals surface area contributed by atoms with Crippen molar-refractivity contribution in [1.82, 2.24) is 5.32 Å². The van der Waals surface area contributed by atoms with Gasteiger partial charge in [-0.1, -0.05) is 0 Å². The van der Waals surface area contributed by atoms with Crippen LogP contribution in [0.4, 0.5) is 0 Å². The lowest BCUT2D eigenvalue weighted by molar-refractivity contribution is 1.03. The third kappa shape index (κ3) is 0.951. The first kappa shape index (κ1) is 4.23. The summed E-state index contributed by atoms with van der Waals surface area (Å²) in [6.07, 6.45) is 6.85. The molecule has 0 bridgehead atoms. The Morgan fingerprint density at radius 3 is 3.00 bits per heavy atom. The zero-order valence-electron chi connectivity index (χ0n) is 4.23. The van der Waals surface area contributed by atoms with E-state index in [2.05, 4.69) is 11.5 Å². The Morgan fingerprint density at radius 1 is 1.86 bits per heavy atom. The van der Waals surface area contributed by atoms with Crippen LogP contribution in [0.15, 0.2) is 17.7 Å². The van der Waals surface area contributed by atoms with Crippen LogP contribution in [0.25, 0.3) is 0 Å². The fourth-order valence-corrected chi connectivity index (χ4v) is 0.438. The Kier molecular flexibility index (Phi) is 1.01. The van der Waals surface area contributed by atoms with Gasteiger partial charge in [-0.3, -0.25) is 0 Å². The monoisotopic (exact) mass is 93.1 g/mol. The number of allylic oxidation sites excluding steroid dienone is 2. The third-order valence-electron chi connectivity index (χ3n) is 0.795. The Bertz CT molecular complexity index is 111. The van der Waals surface area contributed by atoms with Gasteiger partial charge in [0.15, 0.2) is 0 Å². The molecule has 0 spiro atoms. The van der Waals surface area contributed by atoms with Gasteiger partial charge in [-0.25, -0.2) is 6.08 Å². The van der Waals surface area contributed by atoms with E-state index in [1.807, 2.05) is 25.6 Å². The van der Waals surface area contributed by atoms with Gasteiger partial charge in [0.05, 0.1) is 0 Å². The van der Waals surface area contributed by atoms with E-state index in [1.54, 1.807) is 0 Å². The molecule has 0 saturated heterocycles. The molecule has 1 aliphatic rings.